The van der Waals surface area contributed by atoms with Crippen LogP contribution in [0.15, 0.2) is 41.3 Å². The van der Waals surface area contributed by atoms with E-state index in [4.69, 9.17) is 23.2 Å². The Labute approximate surface area is 168 Å². The molecule has 0 aliphatic carbocycles. The largest absolute Gasteiger partial charge is 0.299 e. The zero-order chi connectivity index (χ0) is 17.2. The summed E-state index contributed by atoms with van der Waals surface area (Å²) in [7, 11) is -3.62. The second-order valence-corrected chi connectivity index (χ2v) is 9.81. The third-order valence-electron chi connectivity index (χ3n) is 4.07. The second-order valence-electron chi connectivity index (χ2n) is 5.85. The summed E-state index contributed by atoms with van der Waals surface area (Å²) in [6, 6.07) is 11.6. The molecule has 1 aliphatic heterocycles. The van der Waals surface area contributed by atoms with Gasteiger partial charge in [0.1, 0.15) is 9.23 Å². The molecule has 1 fully saturated rings. The molecule has 2 aromatic rings. The van der Waals surface area contributed by atoms with Gasteiger partial charge in [0.15, 0.2) is 0 Å². The predicted octanol–water partition coefficient (Wildman–Crippen LogP) is 4.42. The van der Waals surface area contributed by atoms with Crippen LogP contribution in [0.1, 0.15) is 18.4 Å². The van der Waals surface area contributed by atoms with E-state index in [-0.39, 0.29) is 27.7 Å². The molecule has 0 saturated carbocycles. The average molecular weight is 442 g/mol. The van der Waals surface area contributed by atoms with Crippen molar-refractivity contribution in [3.63, 3.8) is 0 Å². The van der Waals surface area contributed by atoms with Crippen LogP contribution in [0.3, 0.4) is 0 Å². The van der Waals surface area contributed by atoms with E-state index in [1.807, 2.05) is 18.2 Å². The molecule has 0 radical (unpaired) electrons. The lowest BCUT2D eigenvalue weighted by atomic mass is 10.1. The third kappa shape index (κ3) is 5.57. The molecule has 0 atom stereocenters. The van der Waals surface area contributed by atoms with Gasteiger partial charge >= 0.3 is 0 Å². The first-order valence-corrected chi connectivity index (χ1v) is 10.7. The summed E-state index contributed by atoms with van der Waals surface area (Å²) >= 11 is 12.9. The molecule has 0 bridgehead atoms. The number of halogens is 3. The Bertz CT molecular complexity index is 789. The molecule has 0 spiro atoms. The topological polar surface area (TPSA) is 49.4 Å². The summed E-state index contributed by atoms with van der Waals surface area (Å²) in [5.41, 5.74) is 1.27. The van der Waals surface area contributed by atoms with Crippen LogP contribution in [0.2, 0.25) is 8.67 Å². The van der Waals surface area contributed by atoms with Crippen LogP contribution >= 0.6 is 46.9 Å². The minimum atomic E-state index is -3.62. The van der Waals surface area contributed by atoms with E-state index in [1.165, 1.54) is 11.6 Å². The van der Waals surface area contributed by atoms with Crippen LogP contribution in [-0.4, -0.2) is 32.4 Å². The minimum absolute atomic E-state index is 0. The Morgan fingerprint density at radius 3 is 2.36 bits per heavy atom. The SMILES string of the molecule is Cl.O=S(=O)(NC1CCN(Cc2ccccc2)CC1)c1cc(Cl)sc1Cl. The van der Waals surface area contributed by atoms with Gasteiger partial charge in [0.25, 0.3) is 0 Å². The number of thiophene rings is 1. The smallest absolute Gasteiger partial charge is 0.243 e. The lowest BCUT2D eigenvalue weighted by Crippen LogP contribution is -2.44. The zero-order valence-electron chi connectivity index (χ0n) is 13.3. The van der Waals surface area contributed by atoms with Crippen LogP contribution in [0.5, 0.6) is 0 Å². The van der Waals surface area contributed by atoms with Crippen LogP contribution < -0.4 is 4.72 Å². The molecule has 2 heterocycles. The van der Waals surface area contributed by atoms with Gasteiger partial charge in [-0.15, -0.1) is 23.7 Å². The summed E-state index contributed by atoms with van der Waals surface area (Å²) in [6.45, 7) is 2.62. The van der Waals surface area contributed by atoms with Crippen LogP contribution in [0, 0.1) is 0 Å². The van der Waals surface area contributed by atoms with Crippen molar-refractivity contribution in [3.8, 4) is 0 Å². The van der Waals surface area contributed by atoms with Crippen molar-refractivity contribution in [2.75, 3.05) is 13.1 Å². The number of nitrogens with zero attached hydrogens (tertiary/aromatic N) is 1. The fraction of sp³-hybridized carbons (Fsp3) is 0.375. The molecule has 4 nitrogen and oxygen atoms in total. The first-order valence-electron chi connectivity index (χ1n) is 7.67. The quantitative estimate of drug-likeness (QED) is 0.747. The molecular weight excluding hydrogens is 423 g/mol. The summed E-state index contributed by atoms with van der Waals surface area (Å²) in [5, 5.41) is 0. The van der Waals surface area contributed by atoms with Gasteiger partial charge in [-0.25, -0.2) is 13.1 Å². The van der Waals surface area contributed by atoms with E-state index in [2.05, 4.69) is 21.8 Å². The number of nitrogens with one attached hydrogen (secondary N) is 1. The molecule has 3 rings (SSSR count). The Balaban J connectivity index is 0.00000225. The van der Waals surface area contributed by atoms with Crippen LogP contribution in [-0.2, 0) is 16.6 Å². The Hall–Kier alpha value is -0.340. The van der Waals surface area contributed by atoms with Gasteiger partial charge < -0.3 is 0 Å². The van der Waals surface area contributed by atoms with Crippen molar-refractivity contribution in [1.82, 2.24) is 9.62 Å². The van der Waals surface area contributed by atoms with E-state index in [0.717, 1.165) is 43.8 Å². The van der Waals surface area contributed by atoms with Gasteiger partial charge in [0, 0.05) is 25.7 Å². The lowest BCUT2D eigenvalue weighted by molar-refractivity contribution is 0.200. The van der Waals surface area contributed by atoms with Crippen molar-refractivity contribution in [2.45, 2.75) is 30.3 Å². The number of likely N-dealkylation sites (tertiary alicyclic amines) is 1. The molecule has 1 N–H and O–H groups in total. The minimum Gasteiger partial charge on any atom is -0.299 e. The Kier molecular flexibility index (Phi) is 7.58. The number of benzene rings is 1. The van der Waals surface area contributed by atoms with Gasteiger partial charge in [-0.1, -0.05) is 53.5 Å². The highest BCUT2D eigenvalue weighted by Gasteiger charge is 2.27. The van der Waals surface area contributed by atoms with Crippen molar-refractivity contribution in [3.05, 3.63) is 50.6 Å². The maximum atomic E-state index is 12.4. The Morgan fingerprint density at radius 2 is 1.80 bits per heavy atom. The molecule has 0 amide bonds. The number of sulfonamides is 1. The summed E-state index contributed by atoms with van der Waals surface area (Å²) < 4.78 is 28.2. The van der Waals surface area contributed by atoms with Crippen molar-refractivity contribution < 1.29 is 8.42 Å². The highest BCUT2D eigenvalue weighted by molar-refractivity contribution is 7.89. The van der Waals surface area contributed by atoms with E-state index < -0.39 is 10.0 Å². The molecule has 1 aromatic heterocycles. The molecule has 0 unspecified atom stereocenters. The fourth-order valence-corrected chi connectivity index (χ4v) is 6.30. The maximum absolute atomic E-state index is 12.4. The zero-order valence-corrected chi connectivity index (χ0v) is 17.3. The van der Waals surface area contributed by atoms with Crippen molar-refractivity contribution in [1.29, 1.82) is 0 Å². The molecule has 9 heteroatoms. The van der Waals surface area contributed by atoms with Gasteiger partial charge in [-0.05, 0) is 24.5 Å². The molecule has 1 aromatic carbocycles. The molecule has 1 saturated heterocycles. The maximum Gasteiger partial charge on any atom is 0.243 e. The van der Waals surface area contributed by atoms with E-state index in [1.54, 1.807) is 0 Å². The highest BCUT2D eigenvalue weighted by Crippen LogP contribution is 2.34. The highest BCUT2D eigenvalue weighted by atomic mass is 35.5. The van der Waals surface area contributed by atoms with Gasteiger partial charge in [0.05, 0.1) is 4.34 Å². The van der Waals surface area contributed by atoms with Crippen molar-refractivity contribution in [2.24, 2.45) is 0 Å². The molecule has 1 aliphatic rings. The normalized spacial score (nSPS) is 16.6. The first kappa shape index (κ1) is 21.0. The number of hydrogen-bond acceptors (Lipinski definition) is 4. The number of piperidine rings is 1. The van der Waals surface area contributed by atoms with Crippen LogP contribution in [0.4, 0.5) is 0 Å². The lowest BCUT2D eigenvalue weighted by Gasteiger charge is -2.32. The molecule has 138 valence electrons. The monoisotopic (exact) mass is 440 g/mol. The summed E-state index contributed by atoms with van der Waals surface area (Å²) in [4.78, 5) is 2.42. The predicted molar refractivity (Wildman–Crippen MR) is 107 cm³/mol. The van der Waals surface area contributed by atoms with Crippen LogP contribution in [0.25, 0.3) is 0 Å². The van der Waals surface area contributed by atoms with E-state index in [0.29, 0.717) is 4.34 Å². The van der Waals surface area contributed by atoms with Gasteiger partial charge in [0.2, 0.25) is 10.0 Å². The fourth-order valence-electron chi connectivity index (χ4n) is 2.84. The third-order valence-corrected chi connectivity index (χ3v) is 7.35. The van der Waals surface area contributed by atoms with Crippen molar-refractivity contribution >= 4 is 57.0 Å². The summed E-state index contributed by atoms with van der Waals surface area (Å²) in [6.07, 6.45) is 1.56. The second kappa shape index (κ2) is 9.04. The molecule has 25 heavy (non-hydrogen) atoms. The number of rotatable bonds is 5. The first-order chi connectivity index (χ1) is 11.4. The van der Waals surface area contributed by atoms with E-state index in [9.17, 15) is 8.42 Å². The Morgan fingerprint density at radius 1 is 1.16 bits per heavy atom. The van der Waals surface area contributed by atoms with Gasteiger partial charge in [-0.2, -0.15) is 0 Å². The molecular formula is C16H19Cl3N2O2S2. The average Bonchev–Trinajstić information content (AvgIpc) is 2.90. The van der Waals surface area contributed by atoms with Gasteiger partial charge in [-0.3, -0.25) is 4.90 Å². The van der Waals surface area contributed by atoms with E-state index >= 15 is 0 Å². The summed E-state index contributed by atoms with van der Waals surface area (Å²) in [5.74, 6) is 0. The number of hydrogen-bond donors (Lipinski definition) is 1. The standard InChI is InChI=1S/C16H18Cl2N2O2S2.ClH/c17-15-10-14(16(18)23-15)24(21,22)19-13-6-8-20(9-7-13)11-12-4-2-1-3-5-12;/h1-5,10,13,19H,6-9,11H2;1H.